The van der Waals surface area contributed by atoms with Gasteiger partial charge in [0.05, 0.1) is 9.88 Å². The molecular weight excluding hydrogens is 214 g/mol. The molecule has 2 nitrogen and oxygen atoms in total. The van der Waals surface area contributed by atoms with Crippen molar-refractivity contribution in [3.8, 4) is 0 Å². The molecule has 0 bridgehead atoms. The zero-order valence-electron chi connectivity index (χ0n) is 8.16. The topological polar surface area (TPSA) is 30.0 Å². The lowest BCUT2D eigenvalue weighted by Crippen LogP contribution is -2.07. The highest BCUT2D eigenvalue weighted by Gasteiger charge is 2.19. The Kier molecular flexibility index (Phi) is 3.23. The number of carbonyl (C=O) groups excluding carboxylic acids is 1. The number of ketones is 1. The quantitative estimate of drug-likeness (QED) is 0.728. The van der Waals surface area contributed by atoms with Gasteiger partial charge in [-0.1, -0.05) is 0 Å². The van der Waals surface area contributed by atoms with E-state index in [0.29, 0.717) is 5.92 Å². The second-order valence-electron chi connectivity index (χ2n) is 3.51. The van der Waals surface area contributed by atoms with Crippen molar-refractivity contribution in [2.75, 3.05) is 11.5 Å². The van der Waals surface area contributed by atoms with Gasteiger partial charge in [-0.05, 0) is 24.3 Å². The van der Waals surface area contributed by atoms with Crippen LogP contribution in [0.25, 0.3) is 0 Å². The van der Waals surface area contributed by atoms with Crippen LogP contribution in [0.3, 0.4) is 0 Å². The van der Waals surface area contributed by atoms with E-state index in [1.807, 2.05) is 11.8 Å². The maximum atomic E-state index is 11.1. The molecule has 0 spiro atoms. The summed E-state index contributed by atoms with van der Waals surface area (Å²) in [7, 11) is 0. The number of carbonyl (C=O) groups is 1. The van der Waals surface area contributed by atoms with Gasteiger partial charge in [0.1, 0.15) is 0 Å². The molecule has 1 aromatic rings. The van der Waals surface area contributed by atoms with Gasteiger partial charge in [-0.2, -0.15) is 11.8 Å². The molecule has 1 fully saturated rings. The standard InChI is InChI=1S/C10H13NOS2/c1-7(12)9-6-11-10(14-9)8-2-4-13-5-3-8/h6,8H,2-5H2,1H3. The van der Waals surface area contributed by atoms with Crippen molar-refractivity contribution in [3.63, 3.8) is 0 Å². The van der Waals surface area contributed by atoms with Crippen LogP contribution in [0.4, 0.5) is 0 Å². The maximum Gasteiger partial charge on any atom is 0.171 e. The van der Waals surface area contributed by atoms with Gasteiger partial charge in [0, 0.05) is 19.0 Å². The third-order valence-corrected chi connectivity index (χ3v) is 4.75. The van der Waals surface area contributed by atoms with E-state index in [9.17, 15) is 4.79 Å². The number of thioether (sulfide) groups is 1. The van der Waals surface area contributed by atoms with E-state index in [4.69, 9.17) is 0 Å². The average Bonchev–Trinajstić information content (AvgIpc) is 2.68. The molecule has 0 radical (unpaired) electrons. The summed E-state index contributed by atoms with van der Waals surface area (Å²) in [6, 6.07) is 0. The fourth-order valence-electron chi connectivity index (χ4n) is 1.58. The molecule has 0 saturated carbocycles. The lowest BCUT2D eigenvalue weighted by atomic mass is 10.0. The fourth-order valence-corrected chi connectivity index (χ4v) is 3.67. The van der Waals surface area contributed by atoms with Crippen LogP contribution in [0.5, 0.6) is 0 Å². The Labute approximate surface area is 92.1 Å². The Morgan fingerprint density at radius 1 is 1.50 bits per heavy atom. The van der Waals surface area contributed by atoms with Crippen LogP contribution >= 0.6 is 23.1 Å². The second kappa shape index (κ2) is 4.45. The first-order valence-electron chi connectivity index (χ1n) is 4.82. The van der Waals surface area contributed by atoms with E-state index < -0.39 is 0 Å². The maximum absolute atomic E-state index is 11.1. The van der Waals surface area contributed by atoms with Crippen molar-refractivity contribution >= 4 is 28.9 Å². The number of nitrogens with zero attached hydrogens (tertiary/aromatic N) is 1. The predicted octanol–water partition coefficient (Wildman–Crippen LogP) is 2.96. The molecule has 1 aromatic heterocycles. The van der Waals surface area contributed by atoms with Crippen molar-refractivity contribution in [2.24, 2.45) is 0 Å². The minimum absolute atomic E-state index is 0.138. The average molecular weight is 227 g/mol. The summed E-state index contributed by atoms with van der Waals surface area (Å²) in [6.07, 6.45) is 4.16. The number of aromatic nitrogens is 1. The molecule has 0 aliphatic carbocycles. The summed E-state index contributed by atoms with van der Waals surface area (Å²) < 4.78 is 0. The van der Waals surface area contributed by atoms with Gasteiger partial charge in [-0.3, -0.25) is 4.79 Å². The molecule has 1 aliphatic rings. The van der Waals surface area contributed by atoms with Crippen LogP contribution in [-0.2, 0) is 0 Å². The normalized spacial score (nSPS) is 18.4. The first kappa shape index (κ1) is 10.2. The molecule has 2 rings (SSSR count). The van der Waals surface area contributed by atoms with E-state index in [2.05, 4.69) is 4.98 Å². The van der Waals surface area contributed by atoms with Gasteiger partial charge < -0.3 is 0 Å². The van der Waals surface area contributed by atoms with Gasteiger partial charge in [0.15, 0.2) is 5.78 Å². The van der Waals surface area contributed by atoms with E-state index in [-0.39, 0.29) is 5.78 Å². The summed E-state index contributed by atoms with van der Waals surface area (Å²) in [5, 5.41) is 1.16. The van der Waals surface area contributed by atoms with Crippen LogP contribution in [0.15, 0.2) is 6.20 Å². The third-order valence-electron chi connectivity index (χ3n) is 2.44. The molecule has 0 atom stereocenters. The van der Waals surface area contributed by atoms with E-state index in [1.54, 1.807) is 24.5 Å². The van der Waals surface area contributed by atoms with E-state index in [0.717, 1.165) is 9.88 Å². The molecule has 1 saturated heterocycles. The Balaban J connectivity index is 2.11. The number of hydrogen-bond donors (Lipinski definition) is 0. The number of hydrogen-bond acceptors (Lipinski definition) is 4. The SMILES string of the molecule is CC(=O)c1cnc(C2CCSCC2)s1. The van der Waals surface area contributed by atoms with E-state index in [1.165, 1.54) is 24.3 Å². The van der Waals surface area contributed by atoms with Crippen LogP contribution in [0.2, 0.25) is 0 Å². The van der Waals surface area contributed by atoms with Gasteiger partial charge >= 0.3 is 0 Å². The van der Waals surface area contributed by atoms with Crippen molar-refractivity contribution in [1.29, 1.82) is 0 Å². The highest BCUT2D eigenvalue weighted by molar-refractivity contribution is 7.99. The molecule has 0 aromatic carbocycles. The number of rotatable bonds is 2. The first-order chi connectivity index (χ1) is 6.77. The predicted molar refractivity (Wildman–Crippen MR) is 61.4 cm³/mol. The number of Topliss-reactive ketones (excluding diaryl/α,β-unsaturated/α-hetero) is 1. The largest absolute Gasteiger partial charge is 0.294 e. The van der Waals surface area contributed by atoms with Crippen molar-refractivity contribution in [2.45, 2.75) is 25.7 Å². The second-order valence-corrected chi connectivity index (χ2v) is 5.79. The monoisotopic (exact) mass is 227 g/mol. The molecule has 0 amide bonds. The van der Waals surface area contributed by atoms with Gasteiger partial charge in [-0.25, -0.2) is 4.98 Å². The molecule has 14 heavy (non-hydrogen) atoms. The summed E-state index contributed by atoms with van der Waals surface area (Å²) in [5.74, 6) is 3.22. The zero-order valence-corrected chi connectivity index (χ0v) is 9.79. The molecular formula is C10H13NOS2. The lowest BCUT2D eigenvalue weighted by Gasteiger charge is -2.18. The Hall–Kier alpha value is -0.350. The van der Waals surface area contributed by atoms with Crippen molar-refractivity contribution in [3.05, 3.63) is 16.1 Å². The molecule has 0 N–H and O–H groups in total. The van der Waals surface area contributed by atoms with Crippen molar-refractivity contribution in [1.82, 2.24) is 4.98 Å². The lowest BCUT2D eigenvalue weighted by molar-refractivity contribution is 0.102. The Bertz CT molecular complexity index is 329. The Morgan fingerprint density at radius 3 is 2.79 bits per heavy atom. The Morgan fingerprint density at radius 2 is 2.21 bits per heavy atom. The van der Waals surface area contributed by atoms with Crippen molar-refractivity contribution < 1.29 is 4.79 Å². The molecule has 76 valence electrons. The van der Waals surface area contributed by atoms with Gasteiger partial charge in [-0.15, -0.1) is 11.3 Å². The van der Waals surface area contributed by atoms with Crippen LogP contribution in [-0.4, -0.2) is 22.3 Å². The smallest absolute Gasteiger partial charge is 0.171 e. The highest BCUT2D eigenvalue weighted by atomic mass is 32.2. The van der Waals surface area contributed by atoms with Gasteiger partial charge in [0.25, 0.3) is 0 Å². The minimum Gasteiger partial charge on any atom is -0.294 e. The first-order valence-corrected chi connectivity index (χ1v) is 6.79. The van der Waals surface area contributed by atoms with Gasteiger partial charge in [0.2, 0.25) is 0 Å². The third kappa shape index (κ3) is 2.17. The summed E-state index contributed by atoms with van der Waals surface area (Å²) in [5.41, 5.74) is 0. The molecule has 0 unspecified atom stereocenters. The zero-order chi connectivity index (χ0) is 9.97. The summed E-state index contributed by atoms with van der Waals surface area (Å²) in [4.78, 5) is 16.3. The highest BCUT2D eigenvalue weighted by Crippen LogP contribution is 2.33. The summed E-state index contributed by atoms with van der Waals surface area (Å²) >= 11 is 3.59. The molecule has 1 aliphatic heterocycles. The molecule has 2 heterocycles. The van der Waals surface area contributed by atoms with Crippen LogP contribution in [0.1, 0.15) is 40.4 Å². The fraction of sp³-hybridized carbons (Fsp3) is 0.600. The summed E-state index contributed by atoms with van der Waals surface area (Å²) in [6.45, 7) is 1.61. The van der Waals surface area contributed by atoms with Crippen LogP contribution in [0, 0.1) is 0 Å². The van der Waals surface area contributed by atoms with Crippen LogP contribution < -0.4 is 0 Å². The number of thiazole rings is 1. The molecule has 4 heteroatoms. The minimum atomic E-state index is 0.138. The van der Waals surface area contributed by atoms with E-state index >= 15 is 0 Å².